The van der Waals surface area contributed by atoms with E-state index < -0.39 is 0 Å². The SMILES string of the molecule is CC1(CNC(=O)c2n[nH]c3c2CNCC3)CCCc2ccccc21. The van der Waals surface area contributed by atoms with Gasteiger partial charge in [-0.05, 0) is 30.4 Å². The van der Waals surface area contributed by atoms with Gasteiger partial charge < -0.3 is 10.6 Å². The molecule has 2 aliphatic rings. The topological polar surface area (TPSA) is 69.8 Å². The minimum atomic E-state index is -0.0690. The number of rotatable bonds is 3. The molecule has 0 bridgehead atoms. The van der Waals surface area contributed by atoms with Crippen LogP contribution >= 0.6 is 0 Å². The molecule has 126 valence electrons. The van der Waals surface area contributed by atoms with Crippen LogP contribution in [-0.2, 0) is 24.8 Å². The van der Waals surface area contributed by atoms with Gasteiger partial charge in [-0.15, -0.1) is 0 Å². The Morgan fingerprint density at radius 3 is 3.12 bits per heavy atom. The van der Waals surface area contributed by atoms with Gasteiger partial charge in [0, 0.05) is 42.7 Å². The van der Waals surface area contributed by atoms with Crippen LogP contribution in [0, 0.1) is 0 Å². The van der Waals surface area contributed by atoms with E-state index in [-0.39, 0.29) is 11.3 Å². The van der Waals surface area contributed by atoms with Crippen LogP contribution in [0.3, 0.4) is 0 Å². The van der Waals surface area contributed by atoms with Crippen LogP contribution in [0.5, 0.6) is 0 Å². The Hall–Kier alpha value is -2.14. The van der Waals surface area contributed by atoms with Crippen molar-refractivity contribution in [1.82, 2.24) is 20.8 Å². The Kier molecular flexibility index (Phi) is 3.88. The molecule has 5 heteroatoms. The van der Waals surface area contributed by atoms with E-state index in [1.807, 2.05) is 0 Å². The number of nitrogens with one attached hydrogen (secondary N) is 3. The molecule has 1 amide bonds. The third kappa shape index (κ3) is 2.63. The molecular weight excluding hydrogens is 300 g/mol. The number of nitrogens with zero attached hydrogens (tertiary/aromatic N) is 1. The van der Waals surface area contributed by atoms with Crippen LogP contribution in [0.1, 0.15) is 52.6 Å². The first-order chi connectivity index (χ1) is 11.7. The molecule has 1 aliphatic heterocycles. The molecule has 1 aliphatic carbocycles. The van der Waals surface area contributed by atoms with Gasteiger partial charge >= 0.3 is 0 Å². The summed E-state index contributed by atoms with van der Waals surface area (Å²) < 4.78 is 0. The number of hydrogen-bond donors (Lipinski definition) is 3. The van der Waals surface area contributed by atoms with Crippen LogP contribution in [-0.4, -0.2) is 29.2 Å². The lowest BCUT2D eigenvalue weighted by atomic mass is 9.71. The standard InChI is InChI=1S/C19H24N4O/c1-19(9-4-6-13-5-2-3-7-15(13)19)12-21-18(24)17-14-11-20-10-8-16(14)22-23-17/h2-3,5,7,20H,4,6,8-12H2,1H3,(H,21,24)(H,22,23). The number of amides is 1. The molecule has 0 radical (unpaired) electrons. The van der Waals surface area contributed by atoms with Gasteiger partial charge in [0.1, 0.15) is 0 Å². The van der Waals surface area contributed by atoms with Gasteiger partial charge in [-0.25, -0.2) is 0 Å². The second-order valence-corrected chi connectivity index (χ2v) is 7.21. The van der Waals surface area contributed by atoms with Crippen molar-refractivity contribution in [2.24, 2.45) is 0 Å². The number of carbonyl (C=O) groups excluding carboxylic acids is 1. The highest BCUT2D eigenvalue weighted by Crippen LogP contribution is 2.36. The van der Waals surface area contributed by atoms with E-state index in [9.17, 15) is 4.79 Å². The summed E-state index contributed by atoms with van der Waals surface area (Å²) in [5.41, 5.74) is 5.45. The Morgan fingerprint density at radius 2 is 2.21 bits per heavy atom. The predicted molar refractivity (Wildman–Crippen MR) is 93.1 cm³/mol. The van der Waals surface area contributed by atoms with E-state index in [0.717, 1.165) is 37.1 Å². The Balaban J connectivity index is 1.51. The summed E-state index contributed by atoms with van der Waals surface area (Å²) in [4.78, 5) is 12.7. The lowest BCUT2D eigenvalue weighted by Gasteiger charge is -2.36. The van der Waals surface area contributed by atoms with Gasteiger partial charge in [0.2, 0.25) is 0 Å². The monoisotopic (exact) mass is 324 g/mol. The minimum Gasteiger partial charge on any atom is -0.350 e. The van der Waals surface area contributed by atoms with E-state index in [4.69, 9.17) is 0 Å². The fourth-order valence-electron chi connectivity index (χ4n) is 4.09. The Labute approximate surface area is 142 Å². The molecule has 1 aromatic heterocycles. The normalized spacial score (nSPS) is 22.5. The molecule has 2 heterocycles. The number of fused-ring (bicyclic) bond motifs is 2. The molecular formula is C19H24N4O. The first-order valence-electron chi connectivity index (χ1n) is 8.81. The molecule has 24 heavy (non-hydrogen) atoms. The molecule has 0 saturated carbocycles. The van der Waals surface area contributed by atoms with Gasteiger partial charge in [-0.1, -0.05) is 31.2 Å². The first-order valence-corrected chi connectivity index (χ1v) is 8.81. The zero-order valence-corrected chi connectivity index (χ0v) is 14.1. The molecule has 1 unspecified atom stereocenters. The zero-order chi connectivity index (χ0) is 16.6. The van der Waals surface area contributed by atoms with Crippen molar-refractivity contribution in [3.05, 3.63) is 52.3 Å². The van der Waals surface area contributed by atoms with Gasteiger partial charge in [0.05, 0.1) is 0 Å². The van der Waals surface area contributed by atoms with Gasteiger partial charge in [-0.3, -0.25) is 9.89 Å². The maximum absolute atomic E-state index is 12.7. The summed E-state index contributed by atoms with van der Waals surface area (Å²) >= 11 is 0. The van der Waals surface area contributed by atoms with Crippen molar-refractivity contribution >= 4 is 5.91 Å². The molecule has 3 N–H and O–H groups in total. The summed E-state index contributed by atoms with van der Waals surface area (Å²) in [6, 6.07) is 8.62. The molecule has 2 aromatic rings. The smallest absolute Gasteiger partial charge is 0.272 e. The lowest BCUT2D eigenvalue weighted by molar-refractivity contribution is 0.0936. The van der Waals surface area contributed by atoms with Crippen LogP contribution in [0.15, 0.2) is 24.3 Å². The highest BCUT2D eigenvalue weighted by Gasteiger charge is 2.32. The van der Waals surface area contributed by atoms with Crippen molar-refractivity contribution in [2.45, 2.75) is 44.6 Å². The fraction of sp³-hybridized carbons (Fsp3) is 0.474. The highest BCUT2D eigenvalue weighted by atomic mass is 16.1. The summed E-state index contributed by atoms with van der Waals surface area (Å²) in [6.45, 7) is 4.56. The molecule has 1 atom stereocenters. The van der Waals surface area contributed by atoms with Crippen molar-refractivity contribution in [3.63, 3.8) is 0 Å². The summed E-state index contributed by atoms with van der Waals surface area (Å²) in [7, 11) is 0. The van der Waals surface area contributed by atoms with Crippen LogP contribution in [0.4, 0.5) is 0 Å². The lowest BCUT2D eigenvalue weighted by Crippen LogP contribution is -2.41. The van der Waals surface area contributed by atoms with E-state index in [1.165, 1.54) is 17.5 Å². The number of aromatic amines is 1. The summed E-state index contributed by atoms with van der Waals surface area (Å²) in [5, 5.41) is 13.7. The quantitative estimate of drug-likeness (QED) is 0.809. The molecule has 5 nitrogen and oxygen atoms in total. The van der Waals surface area contributed by atoms with Crippen molar-refractivity contribution < 1.29 is 4.79 Å². The molecule has 1 aromatic carbocycles. The maximum atomic E-state index is 12.7. The van der Waals surface area contributed by atoms with E-state index >= 15 is 0 Å². The van der Waals surface area contributed by atoms with E-state index in [2.05, 4.69) is 52.0 Å². The number of carbonyl (C=O) groups is 1. The van der Waals surface area contributed by atoms with E-state index in [1.54, 1.807) is 0 Å². The Bertz CT molecular complexity index is 766. The van der Waals surface area contributed by atoms with E-state index in [0.29, 0.717) is 18.8 Å². The summed E-state index contributed by atoms with van der Waals surface area (Å²) in [5.74, 6) is -0.0690. The molecule has 0 fully saturated rings. The predicted octanol–water partition coefficient (Wildman–Crippen LogP) is 2.08. The van der Waals surface area contributed by atoms with Crippen LogP contribution in [0.2, 0.25) is 0 Å². The number of H-pyrrole nitrogens is 1. The van der Waals surface area contributed by atoms with Crippen molar-refractivity contribution in [3.8, 4) is 0 Å². The van der Waals surface area contributed by atoms with Crippen molar-refractivity contribution in [1.29, 1.82) is 0 Å². The van der Waals surface area contributed by atoms with Crippen LogP contribution in [0.25, 0.3) is 0 Å². The van der Waals surface area contributed by atoms with Gasteiger partial charge in [0.15, 0.2) is 5.69 Å². The molecule has 0 spiro atoms. The number of aryl methyl sites for hydroxylation is 1. The molecule has 0 saturated heterocycles. The summed E-state index contributed by atoms with van der Waals surface area (Å²) in [6.07, 6.45) is 4.31. The second-order valence-electron chi connectivity index (χ2n) is 7.21. The van der Waals surface area contributed by atoms with Crippen molar-refractivity contribution in [2.75, 3.05) is 13.1 Å². The number of benzene rings is 1. The second kappa shape index (κ2) is 6.06. The average Bonchev–Trinajstić information content (AvgIpc) is 3.04. The third-order valence-corrected chi connectivity index (χ3v) is 5.50. The highest BCUT2D eigenvalue weighted by molar-refractivity contribution is 5.94. The Morgan fingerprint density at radius 1 is 1.33 bits per heavy atom. The molecule has 4 rings (SSSR count). The minimum absolute atomic E-state index is 0.000871. The van der Waals surface area contributed by atoms with Gasteiger partial charge in [0.25, 0.3) is 5.91 Å². The first kappa shape index (κ1) is 15.4. The number of hydrogen-bond acceptors (Lipinski definition) is 3. The number of aromatic nitrogens is 2. The van der Waals surface area contributed by atoms with Gasteiger partial charge in [-0.2, -0.15) is 5.10 Å². The fourth-order valence-corrected chi connectivity index (χ4v) is 4.09. The maximum Gasteiger partial charge on any atom is 0.272 e. The zero-order valence-electron chi connectivity index (χ0n) is 14.1. The third-order valence-electron chi connectivity index (χ3n) is 5.50. The van der Waals surface area contributed by atoms with Crippen LogP contribution < -0.4 is 10.6 Å². The average molecular weight is 324 g/mol. The largest absolute Gasteiger partial charge is 0.350 e.